The second-order valence-corrected chi connectivity index (χ2v) is 6.63. The topological polar surface area (TPSA) is 50.4 Å². The van der Waals surface area contributed by atoms with Crippen LogP contribution in [0, 0.1) is 0 Å². The fourth-order valence-corrected chi connectivity index (χ4v) is 3.28. The number of carbonyl (C=O) groups is 1. The molecule has 4 heteroatoms. The maximum Gasteiger partial charge on any atom is 0.315 e. The molecule has 0 radical (unpaired) electrons. The summed E-state index contributed by atoms with van der Waals surface area (Å²) < 4.78 is 5.14. The van der Waals surface area contributed by atoms with Crippen molar-refractivity contribution in [3.05, 3.63) is 64.7 Å². The number of hydrogen-bond donors (Lipinski definition) is 2. The van der Waals surface area contributed by atoms with Gasteiger partial charge in [-0.1, -0.05) is 30.3 Å². The van der Waals surface area contributed by atoms with Crippen LogP contribution in [0.4, 0.5) is 4.79 Å². The summed E-state index contributed by atoms with van der Waals surface area (Å²) in [5, 5.41) is 5.93. The van der Waals surface area contributed by atoms with Gasteiger partial charge in [0.15, 0.2) is 0 Å². The fourth-order valence-electron chi connectivity index (χ4n) is 3.28. The second kappa shape index (κ2) is 8.06. The maximum atomic E-state index is 12.2. The van der Waals surface area contributed by atoms with Gasteiger partial charge in [-0.3, -0.25) is 0 Å². The zero-order valence-corrected chi connectivity index (χ0v) is 15.0. The predicted molar refractivity (Wildman–Crippen MR) is 99.9 cm³/mol. The largest absolute Gasteiger partial charge is 0.497 e. The van der Waals surface area contributed by atoms with E-state index < -0.39 is 0 Å². The Balaban J connectivity index is 1.53. The van der Waals surface area contributed by atoms with E-state index in [0.29, 0.717) is 6.54 Å². The molecule has 0 fully saturated rings. The molecule has 132 valence electrons. The third-order valence-corrected chi connectivity index (χ3v) is 4.83. The molecule has 0 aliphatic heterocycles. The van der Waals surface area contributed by atoms with Crippen LogP contribution in [0.2, 0.25) is 0 Å². The number of fused-ring (bicyclic) bond motifs is 1. The molecule has 1 atom stereocenters. The van der Waals surface area contributed by atoms with Crippen LogP contribution < -0.4 is 15.4 Å². The monoisotopic (exact) mass is 338 g/mol. The summed E-state index contributed by atoms with van der Waals surface area (Å²) in [5.74, 6) is 0.814. The smallest absolute Gasteiger partial charge is 0.315 e. The Labute approximate surface area is 149 Å². The van der Waals surface area contributed by atoms with Crippen LogP contribution in [-0.4, -0.2) is 13.1 Å². The van der Waals surface area contributed by atoms with Crippen molar-refractivity contribution >= 4 is 6.03 Å². The lowest BCUT2D eigenvalue weighted by Gasteiger charge is -2.20. The summed E-state index contributed by atoms with van der Waals surface area (Å²) in [6.07, 6.45) is 4.88. The van der Waals surface area contributed by atoms with E-state index in [1.807, 2.05) is 31.2 Å². The molecule has 0 saturated heterocycles. The molecule has 2 aromatic rings. The standard InChI is InChI=1S/C21H26N2O2/c1-15(18-10-9-17-5-3-4-6-19(17)13-18)23-21(24)22-14-16-7-11-20(25-2)12-8-16/h7-13,15H,3-6,14H2,1-2H3,(H2,22,23,24). The van der Waals surface area contributed by atoms with E-state index in [-0.39, 0.29) is 12.1 Å². The molecular formula is C21H26N2O2. The Morgan fingerprint density at radius 1 is 1.08 bits per heavy atom. The molecule has 2 N–H and O–H groups in total. The van der Waals surface area contributed by atoms with Crippen LogP contribution in [0.5, 0.6) is 5.75 Å². The highest BCUT2D eigenvalue weighted by Crippen LogP contribution is 2.24. The van der Waals surface area contributed by atoms with Crippen LogP contribution in [0.25, 0.3) is 0 Å². The average Bonchev–Trinajstić information content (AvgIpc) is 2.66. The summed E-state index contributed by atoms with van der Waals surface area (Å²) in [6, 6.07) is 14.1. The number of carbonyl (C=O) groups excluding carboxylic acids is 1. The molecular weight excluding hydrogens is 312 g/mol. The highest BCUT2D eigenvalue weighted by Gasteiger charge is 2.14. The van der Waals surface area contributed by atoms with Gasteiger partial charge in [0.1, 0.15) is 5.75 Å². The number of aryl methyl sites for hydroxylation is 2. The SMILES string of the molecule is COc1ccc(CNC(=O)NC(C)c2ccc3c(c2)CCCC3)cc1. The first kappa shape index (κ1) is 17.3. The average molecular weight is 338 g/mol. The van der Waals surface area contributed by atoms with Gasteiger partial charge in [-0.15, -0.1) is 0 Å². The van der Waals surface area contributed by atoms with Gasteiger partial charge < -0.3 is 15.4 Å². The van der Waals surface area contributed by atoms with Gasteiger partial charge in [0.25, 0.3) is 0 Å². The lowest BCUT2D eigenvalue weighted by atomic mass is 9.89. The number of amides is 2. The number of rotatable bonds is 5. The Bertz CT molecular complexity index is 725. The summed E-state index contributed by atoms with van der Waals surface area (Å²) in [5.41, 5.74) is 5.11. The van der Waals surface area contributed by atoms with Crippen LogP contribution in [0.1, 0.15) is 48.1 Å². The molecule has 4 nitrogen and oxygen atoms in total. The summed E-state index contributed by atoms with van der Waals surface area (Å²) >= 11 is 0. The zero-order chi connectivity index (χ0) is 17.6. The summed E-state index contributed by atoms with van der Waals surface area (Å²) in [4.78, 5) is 12.2. The van der Waals surface area contributed by atoms with Gasteiger partial charge in [0.2, 0.25) is 0 Å². The van der Waals surface area contributed by atoms with E-state index in [9.17, 15) is 4.79 Å². The van der Waals surface area contributed by atoms with Crippen molar-refractivity contribution in [2.75, 3.05) is 7.11 Å². The molecule has 1 aliphatic rings. The minimum atomic E-state index is -0.152. The molecule has 0 spiro atoms. The summed E-state index contributed by atoms with van der Waals surface area (Å²) in [6.45, 7) is 2.52. The number of nitrogens with one attached hydrogen (secondary N) is 2. The molecule has 0 heterocycles. The number of benzene rings is 2. The Morgan fingerprint density at radius 2 is 1.80 bits per heavy atom. The number of urea groups is 1. The second-order valence-electron chi connectivity index (χ2n) is 6.63. The minimum absolute atomic E-state index is 0.0110. The van der Waals surface area contributed by atoms with Gasteiger partial charge >= 0.3 is 6.03 Å². The van der Waals surface area contributed by atoms with Crippen molar-refractivity contribution < 1.29 is 9.53 Å². The lowest BCUT2D eigenvalue weighted by Crippen LogP contribution is -2.36. The van der Waals surface area contributed by atoms with Gasteiger partial charge in [-0.2, -0.15) is 0 Å². The van der Waals surface area contributed by atoms with Gasteiger partial charge in [0.05, 0.1) is 13.2 Å². The van der Waals surface area contributed by atoms with E-state index in [1.165, 1.54) is 36.0 Å². The highest BCUT2D eigenvalue weighted by atomic mass is 16.5. The van der Waals surface area contributed by atoms with Crippen LogP contribution in [0.15, 0.2) is 42.5 Å². The first-order chi connectivity index (χ1) is 12.2. The normalized spacial score (nSPS) is 14.3. The minimum Gasteiger partial charge on any atom is -0.497 e. The Kier molecular flexibility index (Phi) is 5.59. The molecule has 0 saturated carbocycles. The molecule has 3 rings (SSSR count). The molecule has 0 aromatic heterocycles. The van der Waals surface area contributed by atoms with E-state index in [1.54, 1.807) is 7.11 Å². The van der Waals surface area contributed by atoms with E-state index in [2.05, 4.69) is 28.8 Å². The number of hydrogen-bond acceptors (Lipinski definition) is 2. The lowest BCUT2D eigenvalue weighted by molar-refractivity contribution is 0.237. The fraction of sp³-hybridized carbons (Fsp3) is 0.381. The molecule has 1 unspecified atom stereocenters. The first-order valence-electron chi connectivity index (χ1n) is 8.94. The predicted octanol–water partition coefficient (Wildman–Crippen LogP) is 4.13. The Hall–Kier alpha value is -2.49. The molecule has 2 amide bonds. The van der Waals surface area contributed by atoms with Gasteiger partial charge in [0, 0.05) is 6.54 Å². The van der Waals surface area contributed by atoms with Crippen molar-refractivity contribution in [1.82, 2.24) is 10.6 Å². The molecule has 25 heavy (non-hydrogen) atoms. The Morgan fingerprint density at radius 3 is 2.52 bits per heavy atom. The van der Waals surface area contributed by atoms with Crippen molar-refractivity contribution in [1.29, 1.82) is 0 Å². The van der Waals surface area contributed by atoms with Crippen molar-refractivity contribution in [3.8, 4) is 5.75 Å². The quantitative estimate of drug-likeness (QED) is 0.861. The van der Waals surface area contributed by atoms with E-state index in [4.69, 9.17) is 4.74 Å². The molecule has 0 bridgehead atoms. The molecule has 1 aliphatic carbocycles. The van der Waals surface area contributed by atoms with Crippen LogP contribution in [-0.2, 0) is 19.4 Å². The van der Waals surface area contributed by atoms with Crippen molar-refractivity contribution in [2.24, 2.45) is 0 Å². The van der Waals surface area contributed by atoms with E-state index in [0.717, 1.165) is 17.7 Å². The third kappa shape index (κ3) is 4.53. The number of methoxy groups -OCH3 is 1. The first-order valence-corrected chi connectivity index (χ1v) is 8.94. The third-order valence-electron chi connectivity index (χ3n) is 4.83. The maximum absolute atomic E-state index is 12.2. The highest BCUT2D eigenvalue weighted by molar-refractivity contribution is 5.74. The van der Waals surface area contributed by atoms with Gasteiger partial charge in [-0.25, -0.2) is 4.79 Å². The van der Waals surface area contributed by atoms with Crippen LogP contribution in [0.3, 0.4) is 0 Å². The number of ether oxygens (including phenoxy) is 1. The molecule has 2 aromatic carbocycles. The van der Waals surface area contributed by atoms with Crippen LogP contribution >= 0.6 is 0 Å². The van der Waals surface area contributed by atoms with Gasteiger partial charge in [-0.05, 0) is 67.0 Å². The van der Waals surface area contributed by atoms with E-state index >= 15 is 0 Å². The van der Waals surface area contributed by atoms with Crippen molar-refractivity contribution in [2.45, 2.75) is 45.2 Å². The summed E-state index contributed by atoms with van der Waals surface area (Å²) in [7, 11) is 1.64. The zero-order valence-electron chi connectivity index (χ0n) is 15.0. The van der Waals surface area contributed by atoms with Crippen molar-refractivity contribution in [3.63, 3.8) is 0 Å².